The molecule has 0 aromatic carbocycles. The van der Waals surface area contributed by atoms with E-state index in [1.54, 1.807) is 0 Å². The Hall–Kier alpha value is -0.380. The van der Waals surface area contributed by atoms with Crippen LogP contribution >= 0.6 is 0 Å². The van der Waals surface area contributed by atoms with E-state index in [9.17, 15) is 0 Å². The summed E-state index contributed by atoms with van der Waals surface area (Å²) in [7, 11) is 0. The first-order valence-corrected chi connectivity index (χ1v) is 5.72. The Balaban J connectivity index is 3.40. The average molecular weight is 215 g/mol. The molecule has 0 saturated heterocycles. The van der Waals surface area contributed by atoms with E-state index in [4.69, 9.17) is 9.84 Å². The van der Waals surface area contributed by atoms with E-state index in [2.05, 4.69) is 25.3 Å². The van der Waals surface area contributed by atoms with Crippen molar-refractivity contribution in [2.24, 2.45) is 5.92 Å². The molecule has 0 aliphatic heterocycles. The highest BCUT2D eigenvalue weighted by molar-refractivity contribution is 4.73. The number of hydrogen-bond donors (Lipinski definition) is 1. The molecule has 0 aliphatic rings. The Kier molecular flexibility index (Phi) is 9.89. The molecule has 0 atom stereocenters. The van der Waals surface area contributed by atoms with Gasteiger partial charge in [-0.05, 0) is 12.3 Å². The zero-order valence-corrected chi connectivity index (χ0v) is 10.1. The van der Waals surface area contributed by atoms with Crippen molar-refractivity contribution in [3.8, 4) is 0 Å². The standard InChI is InChI=1S/C12H25NO2/c1-4-6-13(7-9-14)8-11-15-10-5-12(2)3/h4,12,14H,1,5-11H2,2-3H3. The third-order valence-corrected chi connectivity index (χ3v) is 2.19. The Labute approximate surface area is 93.7 Å². The van der Waals surface area contributed by atoms with Crippen molar-refractivity contribution in [3.05, 3.63) is 12.7 Å². The summed E-state index contributed by atoms with van der Waals surface area (Å²) in [6.07, 6.45) is 2.96. The fourth-order valence-electron chi connectivity index (χ4n) is 1.23. The molecule has 0 saturated carbocycles. The summed E-state index contributed by atoms with van der Waals surface area (Å²) in [6, 6.07) is 0. The van der Waals surface area contributed by atoms with E-state index in [1.807, 2.05) is 6.08 Å². The molecule has 0 aromatic heterocycles. The summed E-state index contributed by atoms with van der Waals surface area (Å²) in [4.78, 5) is 2.13. The van der Waals surface area contributed by atoms with Crippen molar-refractivity contribution in [1.82, 2.24) is 4.90 Å². The average Bonchev–Trinajstić information content (AvgIpc) is 2.17. The molecule has 0 heterocycles. The maximum Gasteiger partial charge on any atom is 0.0593 e. The Morgan fingerprint density at radius 3 is 2.60 bits per heavy atom. The van der Waals surface area contributed by atoms with Gasteiger partial charge in [0.2, 0.25) is 0 Å². The van der Waals surface area contributed by atoms with Gasteiger partial charge in [-0.2, -0.15) is 0 Å². The third kappa shape index (κ3) is 9.91. The lowest BCUT2D eigenvalue weighted by Gasteiger charge is -2.19. The van der Waals surface area contributed by atoms with Gasteiger partial charge >= 0.3 is 0 Å². The first-order chi connectivity index (χ1) is 7.20. The highest BCUT2D eigenvalue weighted by Gasteiger charge is 2.01. The van der Waals surface area contributed by atoms with Crippen molar-refractivity contribution in [1.29, 1.82) is 0 Å². The molecule has 0 rings (SSSR count). The SMILES string of the molecule is C=CCN(CCO)CCOCCC(C)C. The molecule has 1 N–H and O–H groups in total. The Morgan fingerprint density at radius 1 is 1.33 bits per heavy atom. The van der Waals surface area contributed by atoms with Crippen molar-refractivity contribution in [2.75, 3.05) is 39.5 Å². The summed E-state index contributed by atoms with van der Waals surface area (Å²) >= 11 is 0. The lowest BCUT2D eigenvalue weighted by atomic mass is 10.1. The minimum atomic E-state index is 0.194. The van der Waals surface area contributed by atoms with Crippen LogP contribution in [0.25, 0.3) is 0 Å². The first kappa shape index (κ1) is 14.6. The van der Waals surface area contributed by atoms with Gasteiger partial charge < -0.3 is 9.84 Å². The molecule has 0 radical (unpaired) electrons. The molecule has 0 aromatic rings. The van der Waals surface area contributed by atoms with Gasteiger partial charge in [0.15, 0.2) is 0 Å². The predicted molar refractivity (Wildman–Crippen MR) is 64.0 cm³/mol. The Morgan fingerprint density at radius 2 is 2.07 bits per heavy atom. The molecule has 3 heteroatoms. The van der Waals surface area contributed by atoms with Crippen molar-refractivity contribution < 1.29 is 9.84 Å². The summed E-state index contributed by atoms with van der Waals surface area (Å²) in [5, 5.41) is 8.82. The van der Waals surface area contributed by atoms with Gasteiger partial charge in [0, 0.05) is 26.2 Å². The number of aliphatic hydroxyl groups excluding tert-OH is 1. The normalized spacial score (nSPS) is 11.3. The van der Waals surface area contributed by atoms with E-state index < -0.39 is 0 Å². The summed E-state index contributed by atoms with van der Waals surface area (Å²) in [6.45, 7) is 12.2. The minimum absolute atomic E-state index is 0.194. The van der Waals surface area contributed by atoms with E-state index in [0.29, 0.717) is 12.5 Å². The monoisotopic (exact) mass is 215 g/mol. The number of rotatable bonds is 10. The van der Waals surface area contributed by atoms with Crippen LogP contribution in [0.4, 0.5) is 0 Å². The molecule has 90 valence electrons. The number of aliphatic hydroxyl groups is 1. The summed E-state index contributed by atoms with van der Waals surface area (Å²) < 4.78 is 5.51. The zero-order chi connectivity index (χ0) is 11.5. The fraction of sp³-hybridized carbons (Fsp3) is 0.833. The largest absolute Gasteiger partial charge is 0.395 e. The molecular weight excluding hydrogens is 190 g/mol. The van der Waals surface area contributed by atoms with Gasteiger partial charge in [0.1, 0.15) is 0 Å². The molecule has 0 bridgehead atoms. The van der Waals surface area contributed by atoms with Crippen LogP contribution in [0.15, 0.2) is 12.7 Å². The lowest BCUT2D eigenvalue weighted by molar-refractivity contribution is 0.0932. The molecule has 0 spiro atoms. The molecule has 0 aliphatic carbocycles. The third-order valence-electron chi connectivity index (χ3n) is 2.19. The van der Waals surface area contributed by atoms with Crippen molar-refractivity contribution in [3.63, 3.8) is 0 Å². The van der Waals surface area contributed by atoms with Crippen LogP contribution in [0.1, 0.15) is 20.3 Å². The quantitative estimate of drug-likeness (QED) is 0.443. The highest BCUT2D eigenvalue weighted by atomic mass is 16.5. The molecule has 0 unspecified atom stereocenters. The van der Waals surface area contributed by atoms with Crippen LogP contribution in [-0.4, -0.2) is 49.5 Å². The van der Waals surface area contributed by atoms with Crippen LogP contribution in [0.5, 0.6) is 0 Å². The fourth-order valence-corrected chi connectivity index (χ4v) is 1.23. The first-order valence-electron chi connectivity index (χ1n) is 5.72. The second kappa shape index (κ2) is 10.1. The maximum atomic E-state index is 8.82. The van der Waals surface area contributed by atoms with E-state index in [-0.39, 0.29) is 6.61 Å². The Bertz CT molecular complexity index is 149. The number of hydrogen-bond acceptors (Lipinski definition) is 3. The van der Waals surface area contributed by atoms with Gasteiger partial charge in [-0.15, -0.1) is 6.58 Å². The molecular formula is C12H25NO2. The molecule has 0 fully saturated rings. The summed E-state index contributed by atoms with van der Waals surface area (Å²) in [5.41, 5.74) is 0. The van der Waals surface area contributed by atoms with Gasteiger partial charge in [0.05, 0.1) is 13.2 Å². The van der Waals surface area contributed by atoms with Crippen LogP contribution in [0, 0.1) is 5.92 Å². The van der Waals surface area contributed by atoms with Gasteiger partial charge in [0.25, 0.3) is 0 Å². The topological polar surface area (TPSA) is 32.7 Å². The van der Waals surface area contributed by atoms with Gasteiger partial charge in [-0.25, -0.2) is 0 Å². The zero-order valence-electron chi connectivity index (χ0n) is 10.1. The molecule has 3 nitrogen and oxygen atoms in total. The highest BCUT2D eigenvalue weighted by Crippen LogP contribution is 1.98. The van der Waals surface area contributed by atoms with E-state index >= 15 is 0 Å². The lowest BCUT2D eigenvalue weighted by Crippen LogP contribution is -2.30. The van der Waals surface area contributed by atoms with Crippen LogP contribution < -0.4 is 0 Å². The van der Waals surface area contributed by atoms with Crippen molar-refractivity contribution in [2.45, 2.75) is 20.3 Å². The van der Waals surface area contributed by atoms with E-state index in [1.165, 1.54) is 0 Å². The maximum absolute atomic E-state index is 8.82. The van der Waals surface area contributed by atoms with Gasteiger partial charge in [-0.3, -0.25) is 4.90 Å². The molecule has 15 heavy (non-hydrogen) atoms. The molecule has 0 amide bonds. The smallest absolute Gasteiger partial charge is 0.0593 e. The number of ether oxygens (including phenoxy) is 1. The van der Waals surface area contributed by atoms with Crippen LogP contribution in [0.3, 0.4) is 0 Å². The second-order valence-corrected chi connectivity index (χ2v) is 4.11. The van der Waals surface area contributed by atoms with E-state index in [0.717, 1.165) is 32.7 Å². The van der Waals surface area contributed by atoms with Crippen molar-refractivity contribution >= 4 is 0 Å². The predicted octanol–water partition coefficient (Wildman–Crippen LogP) is 1.53. The van der Waals surface area contributed by atoms with Gasteiger partial charge in [-0.1, -0.05) is 19.9 Å². The minimum Gasteiger partial charge on any atom is -0.395 e. The summed E-state index contributed by atoms with van der Waals surface area (Å²) in [5.74, 6) is 0.701. The second-order valence-electron chi connectivity index (χ2n) is 4.11. The number of nitrogens with zero attached hydrogens (tertiary/aromatic N) is 1. The van der Waals surface area contributed by atoms with Crippen LogP contribution in [-0.2, 0) is 4.74 Å². The van der Waals surface area contributed by atoms with Crippen LogP contribution in [0.2, 0.25) is 0 Å².